The van der Waals surface area contributed by atoms with Crippen LogP contribution in [0.3, 0.4) is 0 Å². The topological polar surface area (TPSA) is 43.6 Å². The summed E-state index contributed by atoms with van der Waals surface area (Å²) in [5.41, 5.74) is 2.61. The van der Waals surface area contributed by atoms with Crippen molar-refractivity contribution >= 4 is 23.2 Å². The minimum absolute atomic E-state index is 0.128. The fraction of sp³-hybridized carbons (Fsp3) is 0.222. The number of esters is 1. The van der Waals surface area contributed by atoms with Crippen LogP contribution in [0, 0.1) is 0 Å². The SMILES string of the molecule is C[C@H](CC(=O)OCc1cn2cc(Cl)ccc2n1)c1ccccc1. The number of rotatable bonds is 5. The summed E-state index contributed by atoms with van der Waals surface area (Å²) in [7, 11) is 0. The summed E-state index contributed by atoms with van der Waals surface area (Å²) < 4.78 is 7.15. The molecular formula is C18H17ClN2O2. The van der Waals surface area contributed by atoms with Crippen molar-refractivity contribution in [2.75, 3.05) is 0 Å². The van der Waals surface area contributed by atoms with Gasteiger partial charge in [-0.25, -0.2) is 4.98 Å². The first-order valence-corrected chi connectivity index (χ1v) is 7.83. The van der Waals surface area contributed by atoms with Gasteiger partial charge in [0.15, 0.2) is 0 Å². The highest BCUT2D eigenvalue weighted by Gasteiger charge is 2.13. The van der Waals surface area contributed by atoms with E-state index in [1.807, 2.05) is 53.9 Å². The minimum atomic E-state index is -0.226. The van der Waals surface area contributed by atoms with Gasteiger partial charge in [-0.2, -0.15) is 0 Å². The molecule has 118 valence electrons. The van der Waals surface area contributed by atoms with Crippen LogP contribution in [0.5, 0.6) is 0 Å². The smallest absolute Gasteiger partial charge is 0.306 e. The van der Waals surface area contributed by atoms with E-state index in [1.165, 1.54) is 0 Å². The molecule has 2 aromatic heterocycles. The van der Waals surface area contributed by atoms with Crippen LogP contribution < -0.4 is 0 Å². The van der Waals surface area contributed by atoms with E-state index < -0.39 is 0 Å². The van der Waals surface area contributed by atoms with Gasteiger partial charge in [-0.3, -0.25) is 4.79 Å². The molecule has 0 unspecified atom stereocenters. The van der Waals surface area contributed by atoms with E-state index in [0.29, 0.717) is 17.1 Å². The van der Waals surface area contributed by atoms with Gasteiger partial charge in [0.1, 0.15) is 12.3 Å². The van der Waals surface area contributed by atoms with Crippen LogP contribution in [0.15, 0.2) is 54.9 Å². The minimum Gasteiger partial charge on any atom is -0.459 e. The molecule has 0 N–H and O–H groups in total. The Bertz CT molecular complexity index is 814. The number of nitrogens with zero attached hydrogens (tertiary/aromatic N) is 2. The maximum absolute atomic E-state index is 12.0. The average Bonchev–Trinajstić information content (AvgIpc) is 2.95. The van der Waals surface area contributed by atoms with E-state index in [2.05, 4.69) is 4.98 Å². The van der Waals surface area contributed by atoms with E-state index in [-0.39, 0.29) is 18.5 Å². The summed E-state index contributed by atoms with van der Waals surface area (Å²) >= 11 is 5.94. The third kappa shape index (κ3) is 3.90. The van der Waals surface area contributed by atoms with Gasteiger partial charge in [-0.1, -0.05) is 48.9 Å². The Morgan fingerprint density at radius 3 is 2.78 bits per heavy atom. The van der Waals surface area contributed by atoms with Gasteiger partial charge in [0.05, 0.1) is 17.1 Å². The van der Waals surface area contributed by atoms with E-state index in [0.717, 1.165) is 11.2 Å². The molecule has 0 amide bonds. The molecule has 1 atom stereocenters. The molecule has 0 fully saturated rings. The van der Waals surface area contributed by atoms with Crippen molar-refractivity contribution in [1.82, 2.24) is 9.38 Å². The summed E-state index contributed by atoms with van der Waals surface area (Å²) in [6.07, 6.45) is 3.94. The first kappa shape index (κ1) is 15.6. The monoisotopic (exact) mass is 328 g/mol. The fourth-order valence-electron chi connectivity index (χ4n) is 2.45. The number of ether oxygens (including phenoxy) is 1. The molecular weight excluding hydrogens is 312 g/mol. The molecule has 23 heavy (non-hydrogen) atoms. The van der Waals surface area contributed by atoms with Crippen molar-refractivity contribution in [2.45, 2.75) is 25.9 Å². The summed E-state index contributed by atoms with van der Waals surface area (Å²) in [4.78, 5) is 16.4. The van der Waals surface area contributed by atoms with Gasteiger partial charge in [0.2, 0.25) is 0 Å². The van der Waals surface area contributed by atoms with Gasteiger partial charge in [-0.05, 0) is 23.6 Å². The molecule has 4 nitrogen and oxygen atoms in total. The van der Waals surface area contributed by atoms with Crippen LogP contribution >= 0.6 is 11.6 Å². The molecule has 0 aliphatic carbocycles. The van der Waals surface area contributed by atoms with Gasteiger partial charge in [-0.15, -0.1) is 0 Å². The van der Waals surface area contributed by atoms with Gasteiger partial charge < -0.3 is 9.14 Å². The van der Waals surface area contributed by atoms with Crippen molar-refractivity contribution < 1.29 is 9.53 Å². The number of imidazole rings is 1. The molecule has 0 aliphatic rings. The second-order valence-electron chi connectivity index (χ2n) is 5.52. The predicted molar refractivity (Wildman–Crippen MR) is 89.5 cm³/mol. The molecule has 3 aromatic rings. The van der Waals surface area contributed by atoms with Crippen molar-refractivity contribution in [2.24, 2.45) is 0 Å². The second kappa shape index (κ2) is 6.84. The normalized spacial score (nSPS) is 12.3. The van der Waals surface area contributed by atoms with E-state index in [4.69, 9.17) is 16.3 Å². The first-order valence-electron chi connectivity index (χ1n) is 7.45. The number of hydrogen-bond acceptors (Lipinski definition) is 3. The van der Waals surface area contributed by atoms with Crippen molar-refractivity contribution in [3.8, 4) is 0 Å². The molecule has 3 rings (SSSR count). The number of halogens is 1. The maximum Gasteiger partial charge on any atom is 0.306 e. The van der Waals surface area contributed by atoms with E-state index in [9.17, 15) is 4.79 Å². The van der Waals surface area contributed by atoms with Crippen molar-refractivity contribution in [3.05, 3.63) is 71.1 Å². The predicted octanol–water partition coefficient (Wildman–Crippen LogP) is 4.22. The number of fused-ring (bicyclic) bond motifs is 1. The zero-order valence-corrected chi connectivity index (χ0v) is 13.5. The molecule has 0 saturated carbocycles. The molecule has 0 radical (unpaired) electrons. The summed E-state index contributed by atoms with van der Waals surface area (Å²) in [6, 6.07) is 13.5. The third-order valence-electron chi connectivity index (χ3n) is 3.69. The maximum atomic E-state index is 12.0. The van der Waals surface area contributed by atoms with Crippen LogP contribution in [0.1, 0.15) is 30.5 Å². The Morgan fingerprint density at radius 2 is 2.00 bits per heavy atom. The molecule has 5 heteroatoms. The second-order valence-corrected chi connectivity index (χ2v) is 5.96. The Kier molecular flexibility index (Phi) is 4.63. The van der Waals surface area contributed by atoms with Crippen LogP contribution in [-0.4, -0.2) is 15.4 Å². The van der Waals surface area contributed by atoms with Gasteiger partial charge in [0.25, 0.3) is 0 Å². The van der Waals surface area contributed by atoms with Crippen LogP contribution in [0.4, 0.5) is 0 Å². The lowest BCUT2D eigenvalue weighted by molar-refractivity contribution is -0.145. The Morgan fingerprint density at radius 1 is 1.22 bits per heavy atom. The molecule has 2 heterocycles. The average molecular weight is 329 g/mol. The Hall–Kier alpha value is -2.33. The van der Waals surface area contributed by atoms with Crippen LogP contribution in [0.2, 0.25) is 5.02 Å². The molecule has 1 aromatic carbocycles. The largest absolute Gasteiger partial charge is 0.459 e. The number of carbonyl (C=O) groups excluding carboxylic acids is 1. The zero-order valence-electron chi connectivity index (χ0n) is 12.8. The highest BCUT2D eigenvalue weighted by Crippen LogP contribution is 2.19. The Labute approximate surface area is 139 Å². The quantitative estimate of drug-likeness (QED) is 0.658. The van der Waals surface area contributed by atoms with E-state index in [1.54, 1.807) is 12.3 Å². The number of benzene rings is 1. The zero-order chi connectivity index (χ0) is 16.2. The summed E-state index contributed by atoms with van der Waals surface area (Å²) in [6.45, 7) is 2.18. The van der Waals surface area contributed by atoms with Gasteiger partial charge in [0, 0.05) is 12.4 Å². The van der Waals surface area contributed by atoms with Crippen molar-refractivity contribution in [1.29, 1.82) is 0 Å². The summed E-state index contributed by atoms with van der Waals surface area (Å²) in [5, 5.41) is 0.634. The first-order chi connectivity index (χ1) is 11.1. The lowest BCUT2D eigenvalue weighted by Crippen LogP contribution is -2.08. The molecule has 0 aliphatic heterocycles. The number of hydrogen-bond donors (Lipinski definition) is 0. The van der Waals surface area contributed by atoms with Crippen molar-refractivity contribution in [3.63, 3.8) is 0 Å². The third-order valence-corrected chi connectivity index (χ3v) is 3.91. The molecule has 0 spiro atoms. The molecule has 0 saturated heterocycles. The molecule has 0 bridgehead atoms. The Balaban J connectivity index is 1.57. The van der Waals surface area contributed by atoms with Crippen LogP contribution in [-0.2, 0) is 16.1 Å². The lowest BCUT2D eigenvalue weighted by atomic mass is 9.98. The van der Waals surface area contributed by atoms with E-state index >= 15 is 0 Å². The lowest BCUT2D eigenvalue weighted by Gasteiger charge is -2.10. The number of aromatic nitrogens is 2. The highest BCUT2D eigenvalue weighted by molar-refractivity contribution is 6.30. The number of pyridine rings is 1. The fourth-order valence-corrected chi connectivity index (χ4v) is 2.62. The summed E-state index contributed by atoms with van der Waals surface area (Å²) in [5.74, 6) is -0.0972. The standard InChI is InChI=1S/C18H17ClN2O2/c1-13(14-5-3-2-4-6-14)9-18(22)23-12-16-11-21-10-15(19)7-8-17(21)20-16/h2-8,10-11,13H,9,12H2,1H3/t13-/m1/s1. The number of carbonyl (C=O) groups is 1. The highest BCUT2D eigenvalue weighted by atomic mass is 35.5. The van der Waals surface area contributed by atoms with Gasteiger partial charge >= 0.3 is 5.97 Å². The van der Waals surface area contributed by atoms with Crippen LogP contribution in [0.25, 0.3) is 5.65 Å².